The Bertz CT molecular complexity index is 1120. The SMILES string of the molecule is Cc1nc2ccc(NC(=O)c3cccc4c3C(=O)N(CC3CCCO3)C4)cc2s1. The largest absolute Gasteiger partial charge is 0.376 e. The second-order valence-corrected chi connectivity index (χ2v) is 8.76. The van der Waals surface area contributed by atoms with Gasteiger partial charge in [0.05, 0.1) is 32.5 Å². The topological polar surface area (TPSA) is 71.5 Å². The Labute approximate surface area is 172 Å². The molecule has 2 aromatic carbocycles. The predicted octanol–water partition coefficient (Wildman–Crippen LogP) is 3.99. The van der Waals surface area contributed by atoms with E-state index in [1.54, 1.807) is 22.3 Å². The quantitative estimate of drug-likeness (QED) is 0.710. The summed E-state index contributed by atoms with van der Waals surface area (Å²) in [4.78, 5) is 32.3. The molecule has 6 nitrogen and oxygen atoms in total. The molecule has 0 spiro atoms. The Kier molecular flexibility index (Phi) is 4.56. The monoisotopic (exact) mass is 407 g/mol. The van der Waals surface area contributed by atoms with Gasteiger partial charge in [0.1, 0.15) is 0 Å². The number of carbonyl (C=O) groups is 2. The van der Waals surface area contributed by atoms with Crippen LogP contribution in [-0.4, -0.2) is 41.0 Å². The van der Waals surface area contributed by atoms with Crippen LogP contribution in [0.2, 0.25) is 0 Å². The summed E-state index contributed by atoms with van der Waals surface area (Å²) in [5, 5.41) is 3.93. The predicted molar refractivity (Wildman–Crippen MR) is 112 cm³/mol. The number of ether oxygens (including phenoxy) is 1. The molecule has 1 atom stereocenters. The number of nitrogens with zero attached hydrogens (tertiary/aromatic N) is 2. The van der Waals surface area contributed by atoms with Crippen molar-refractivity contribution < 1.29 is 14.3 Å². The van der Waals surface area contributed by atoms with Crippen LogP contribution in [0.1, 0.15) is 44.1 Å². The molecule has 3 heterocycles. The second kappa shape index (κ2) is 7.24. The lowest BCUT2D eigenvalue weighted by Crippen LogP contribution is -2.32. The van der Waals surface area contributed by atoms with Gasteiger partial charge in [0, 0.05) is 25.4 Å². The molecule has 3 aromatic rings. The zero-order valence-electron chi connectivity index (χ0n) is 16.1. The first kappa shape index (κ1) is 18.3. The number of hydrogen-bond donors (Lipinski definition) is 1. The van der Waals surface area contributed by atoms with Gasteiger partial charge in [-0.05, 0) is 49.6 Å². The summed E-state index contributed by atoms with van der Waals surface area (Å²) in [5.74, 6) is -0.357. The van der Waals surface area contributed by atoms with Gasteiger partial charge in [-0.2, -0.15) is 0 Å². The highest BCUT2D eigenvalue weighted by Gasteiger charge is 2.33. The fourth-order valence-corrected chi connectivity index (χ4v) is 4.97. The zero-order chi connectivity index (χ0) is 20.0. The number of fused-ring (bicyclic) bond motifs is 2. The molecule has 0 bridgehead atoms. The molecule has 1 saturated heterocycles. The van der Waals surface area contributed by atoms with Crippen LogP contribution in [0.25, 0.3) is 10.2 Å². The van der Waals surface area contributed by atoms with Crippen LogP contribution in [0.5, 0.6) is 0 Å². The molecule has 7 heteroatoms. The maximum Gasteiger partial charge on any atom is 0.256 e. The molecular weight excluding hydrogens is 386 g/mol. The van der Waals surface area contributed by atoms with Crippen molar-refractivity contribution in [3.8, 4) is 0 Å². The van der Waals surface area contributed by atoms with Gasteiger partial charge in [-0.1, -0.05) is 12.1 Å². The van der Waals surface area contributed by atoms with E-state index in [4.69, 9.17) is 4.74 Å². The molecule has 5 rings (SSSR count). The molecule has 0 aliphatic carbocycles. The molecule has 1 unspecified atom stereocenters. The summed E-state index contributed by atoms with van der Waals surface area (Å²) < 4.78 is 6.70. The number of carbonyl (C=O) groups excluding carboxylic acids is 2. The number of aromatic nitrogens is 1. The van der Waals surface area contributed by atoms with E-state index in [1.165, 1.54) is 0 Å². The van der Waals surface area contributed by atoms with E-state index in [0.29, 0.717) is 29.9 Å². The van der Waals surface area contributed by atoms with E-state index in [9.17, 15) is 9.59 Å². The van der Waals surface area contributed by atoms with E-state index in [0.717, 1.165) is 40.2 Å². The van der Waals surface area contributed by atoms with Crippen molar-refractivity contribution in [3.63, 3.8) is 0 Å². The highest BCUT2D eigenvalue weighted by molar-refractivity contribution is 7.18. The minimum absolute atomic E-state index is 0.0882. The minimum Gasteiger partial charge on any atom is -0.376 e. The molecule has 2 aliphatic heterocycles. The van der Waals surface area contributed by atoms with Crippen LogP contribution in [0, 0.1) is 6.92 Å². The van der Waals surface area contributed by atoms with Crippen molar-refractivity contribution >= 4 is 39.1 Å². The average molecular weight is 407 g/mol. The normalized spacial score (nSPS) is 18.4. The van der Waals surface area contributed by atoms with Crippen LogP contribution in [0.15, 0.2) is 36.4 Å². The number of rotatable bonds is 4. The molecule has 148 valence electrons. The molecule has 2 aliphatic rings. The molecule has 1 N–H and O–H groups in total. The number of hydrogen-bond acceptors (Lipinski definition) is 5. The number of aryl methyl sites for hydroxylation is 1. The van der Waals surface area contributed by atoms with Crippen molar-refractivity contribution in [1.29, 1.82) is 0 Å². The standard InChI is InChI=1S/C22H21N3O3S/c1-13-23-18-8-7-15(10-19(18)29-13)24-21(26)17-6-2-4-14-11-25(22(27)20(14)17)12-16-5-3-9-28-16/h2,4,6-8,10,16H,3,5,9,11-12H2,1H3,(H,24,26). The zero-order valence-corrected chi connectivity index (χ0v) is 16.9. The number of amides is 2. The third-order valence-corrected chi connectivity index (χ3v) is 6.39. The molecule has 0 saturated carbocycles. The van der Waals surface area contributed by atoms with Crippen LogP contribution < -0.4 is 5.32 Å². The highest BCUT2D eigenvalue weighted by atomic mass is 32.1. The van der Waals surface area contributed by atoms with Gasteiger partial charge in [-0.15, -0.1) is 11.3 Å². The van der Waals surface area contributed by atoms with E-state index >= 15 is 0 Å². The van der Waals surface area contributed by atoms with Crippen LogP contribution in [-0.2, 0) is 11.3 Å². The Morgan fingerprint density at radius 2 is 2.24 bits per heavy atom. The number of nitrogens with one attached hydrogen (secondary N) is 1. The van der Waals surface area contributed by atoms with E-state index < -0.39 is 0 Å². The summed E-state index contributed by atoms with van der Waals surface area (Å²) in [6.07, 6.45) is 2.12. The summed E-state index contributed by atoms with van der Waals surface area (Å²) >= 11 is 1.59. The van der Waals surface area contributed by atoms with Gasteiger partial charge in [-0.25, -0.2) is 4.98 Å². The van der Waals surface area contributed by atoms with Gasteiger partial charge in [0.2, 0.25) is 0 Å². The minimum atomic E-state index is -0.269. The highest BCUT2D eigenvalue weighted by Crippen LogP contribution is 2.29. The van der Waals surface area contributed by atoms with E-state index in [2.05, 4.69) is 10.3 Å². The molecule has 0 radical (unpaired) electrons. The molecule has 2 amide bonds. The summed E-state index contributed by atoms with van der Waals surface area (Å²) in [6, 6.07) is 11.1. The van der Waals surface area contributed by atoms with Crippen LogP contribution >= 0.6 is 11.3 Å². The average Bonchev–Trinajstić information content (AvgIpc) is 3.41. The third kappa shape index (κ3) is 3.41. The lowest BCUT2D eigenvalue weighted by atomic mass is 10.0. The number of thiazole rings is 1. The number of anilines is 1. The maximum absolute atomic E-state index is 13.0. The maximum atomic E-state index is 13.0. The third-order valence-electron chi connectivity index (χ3n) is 5.46. The number of benzene rings is 2. The summed E-state index contributed by atoms with van der Waals surface area (Å²) in [6.45, 7) is 3.83. The fraction of sp³-hybridized carbons (Fsp3) is 0.318. The van der Waals surface area contributed by atoms with Crippen molar-refractivity contribution in [1.82, 2.24) is 9.88 Å². The Morgan fingerprint density at radius 1 is 1.34 bits per heavy atom. The van der Waals surface area contributed by atoms with Gasteiger partial charge in [-0.3, -0.25) is 9.59 Å². The smallest absolute Gasteiger partial charge is 0.256 e. The lowest BCUT2D eigenvalue weighted by molar-refractivity contribution is 0.0544. The Morgan fingerprint density at radius 3 is 3.07 bits per heavy atom. The van der Waals surface area contributed by atoms with Crippen molar-refractivity contribution in [2.24, 2.45) is 0 Å². The second-order valence-electron chi connectivity index (χ2n) is 7.53. The summed E-state index contributed by atoms with van der Waals surface area (Å²) in [7, 11) is 0. The molecule has 1 fully saturated rings. The van der Waals surface area contributed by atoms with Crippen LogP contribution in [0.4, 0.5) is 5.69 Å². The van der Waals surface area contributed by atoms with Gasteiger partial charge < -0.3 is 15.0 Å². The van der Waals surface area contributed by atoms with E-state index in [1.807, 2.05) is 37.3 Å². The lowest BCUT2D eigenvalue weighted by Gasteiger charge is -2.19. The molecule has 29 heavy (non-hydrogen) atoms. The summed E-state index contributed by atoms with van der Waals surface area (Å²) in [5.41, 5.74) is 3.45. The Hall–Kier alpha value is -2.77. The van der Waals surface area contributed by atoms with Crippen LogP contribution in [0.3, 0.4) is 0 Å². The van der Waals surface area contributed by atoms with Crippen molar-refractivity contribution in [2.75, 3.05) is 18.5 Å². The Balaban J connectivity index is 1.38. The molecular formula is C22H21N3O3S. The fourth-order valence-electron chi connectivity index (χ4n) is 4.11. The van der Waals surface area contributed by atoms with Crippen molar-refractivity contribution in [3.05, 3.63) is 58.1 Å². The van der Waals surface area contributed by atoms with Gasteiger partial charge in [0.15, 0.2) is 0 Å². The molecule has 1 aromatic heterocycles. The first-order valence-corrected chi connectivity index (χ1v) is 10.6. The van der Waals surface area contributed by atoms with Gasteiger partial charge >= 0.3 is 0 Å². The first-order valence-electron chi connectivity index (χ1n) is 9.80. The van der Waals surface area contributed by atoms with E-state index in [-0.39, 0.29) is 17.9 Å². The first-order chi connectivity index (χ1) is 14.1. The van der Waals surface area contributed by atoms with Crippen molar-refractivity contribution in [2.45, 2.75) is 32.4 Å². The van der Waals surface area contributed by atoms with Gasteiger partial charge in [0.25, 0.3) is 11.8 Å².